The van der Waals surface area contributed by atoms with Crippen molar-refractivity contribution < 1.29 is 0 Å². The van der Waals surface area contributed by atoms with Crippen molar-refractivity contribution in [1.82, 2.24) is 10.2 Å². The quantitative estimate of drug-likeness (QED) is 0.810. The van der Waals surface area contributed by atoms with Gasteiger partial charge in [0.2, 0.25) is 0 Å². The summed E-state index contributed by atoms with van der Waals surface area (Å²) in [5, 5.41) is 3.74. The van der Waals surface area contributed by atoms with Crippen molar-refractivity contribution >= 4 is 0 Å². The molecular weight excluding hydrogens is 208 g/mol. The van der Waals surface area contributed by atoms with Crippen molar-refractivity contribution in [2.75, 3.05) is 19.6 Å². The summed E-state index contributed by atoms with van der Waals surface area (Å²) in [7, 11) is 0. The maximum Gasteiger partial charge on any atom is 0.0249 e. The second kappa shape index (κ2) is 5.71. The topological polar surface area (TPSA) is 15.3 Å². The van der Waals surface area contributed by atoms with Gasteiger partial charge in [-0.3, -0.25) is 4.90 Å². The zero-order valence-corrected chi connectivity index (χ0v) is 11.2. The fourth-order valence-corrected chi connectivity index (χ4v) is 4.26. The van der Waals surface area contributed by atoms with Gasteiger partial charge in [0.05, 0.1) is 0 Å². The van der Waals surface area contributed by atoms with Gasteiger partial charge < -0.3 is 5.32 Å². The average Bonchev–Trinajstić information content (AvgIpc) is 3.01. The standard InChI is InChI=1S/C15H28N2/c1-2-7-13(6-1)12-17-11-4-3-9-15(17)14-8-5-10-16-14/h13-16H,1-12H2. The van der Waals surface area contributed by atoms with Crippen LogP contribution in [0.2, 0.25) is 0 Å². The van der Waals surface area contributed by atoms with Crippen LogP contribution in [0, 0.1) is 5.92 Å². The van der Waals surface area contributed by atoms with E-state index >= 15 is 0 Å². The van der Waals surface area contributed by atoms with Crippen LogP contribution in [0.5, 0.6) is 0 Å². The highest BCUT2D eigenvalue weighted by Gasteiger charge is 2.32. The van der Waals surface area contributed by atoms with Crippen LogP contribution >= 0.6 is 0 Å². The first kappa shape index (κ1) is 12.0. The molecule has 2 heterocycles. The van der Waals surface area contributed by atoms with Gasteiger partial charge in [0.1, 0.15) is 0 Å². The van der Waals surface area contributed by atoms with Crippen LogP contribution in [0.15, 0.2) is 0 Å². The number of rotatable bonds is 3. The van der Waals surface area contributed by atoms with E-state index in [0.29, 0.717) is 0 Å². The maximum atomic E-state index is 3.74. The second-order valence-electron chi connectivity index (χ2n) is 6.41. The van der Waals surface area contributed by atoms with Gasteiger partial charge in [-0.1, -0.05) is 19.3 Å². The number of likely N-dealkylation sites (tertiary alicyclic amines) is 1. The zero-order chi connectivity index (χ0) is 11.5. The molecule has 2 heteroatoms. The van der Waals surface area contributed by atoms with Crippen LogP contribution in [0.25, 0.3) is 0 Å². The lowest BCUT2D eigenvalue weighted by atomic mass is 9.93. The molecule has 0 aromatic carbocycles. The summed E-state index contributed by atoms with van der Waals surface area (Å²) >= 11 is 0. The summed E-state index contributed by atoms with van der Waals surface area (Å²) in [6.07, 6.45) is 13.2. The zero-order valence-electron chi connectivity index (χ0n) is 11.2. The highest BCUT2D eigenvalue weighted by molar-refractivity contribution is 4.91. The van der Waals surface area contributed by atoms with Gasteiger partial charge in [-0.2, -0.15) is 0 Å². The monoisotopic (exact) mass is 236 g/mol. The van der Waals surface area contributed by atoms with E-state index in [1.165, 1.54) is 77.4 Å². The number of nitrogens with zero attached hydrogens (tertiary/aromatic N) is 1. The van der Waals surface area contributed by atoms with E-state index in [1.807, 2.05) is 0 Å². The third kappa shape index (κ3) is 2.85. The summed E-state index contributed by atoms with van der Waals surface area (Å²) in [5.74, 6) is 1.03. The summed E-state index contributed by atoms with van der Waals surface area (Å²) in [6, 6.07) is 1.68. The Morgan fingerprint density at radius 2 is 1.71 bits per heavy atom. The van der Waals surface area contributed by atoms with Gasteiger partial charge >= 0.3 is 0 Å². The van der Waals surface area contributed by atoms with E-state index in [1.54, 1.807) is 0 Å². The third-order valence-corrected chi connectivity index (χ3v) is 5.19. The number of piperidine rings is 1. The lowest BCUT2D eigenvalue weighted by Gasteiger charge is -2.40. The number of hydrogen-bond acceptors (Lipinski definition) is 2. The fourth-order valence-electron chi connectivity index (χ4n) is 4.26. The summed E-state index contributed by atoms with van der Waals surface area (Å²) in [4.78, 5) is 2.85. The molecule has 3 rings (SSSR count). The molecule has 0 aromatic heterocycles. The van der Waals surface area contributed by atoms with Crippen molar-refractivity contribution in [2.24, 2.45) is 5.92 Å². The Kier molecular flexibility index (Phi) is 4.02. The average molecular weight is 236 g/mol. The molecular formula is C15H28N2. The minimum atomic E-state index is 0.816. The molecule has 2 aliphatic heterocycles. The molecule has 2 nitrogen and oxygen atoms in total. The maximum absolute atomic E-state index is 3.74. The number of hydrogen-bond donors (Lipinski definition) is 1. The third-order valence-electron chi connectivity index (χ3n) is 5.19. The summed E-state index contributed by atoms with van der Waals surface area (Å²) < 4.78 is 0. The Labute approximate surface area is 106 Å². The molecule has 98 valence electrons. The predicted octanol–water partition coefficient (Wildman–Crippen LogP) is 2.78. The van der Waals surface area contributed by atoms with Gasteiger partial charge in [0, 0.05) is 18.6 Å². The normalized spacial score (nSPS) is 36.7. The predicted molar refractivity (Wildman–Crippen MR) is 72.2 cm³/mol. The molecule has 1 aliphatic carbocycles. The molecule has 0 spiro atoms. The lowest BCUT2D eigenvalue weighted by molar-refractivity contribution is 0.101. The van der Waals surface area contributed by atoms with Crippen LogP contribution in [0.4, 0.5) is 0 Å². The SMILES string of the molecule is C1CCC(CN2CCCCC2C2CCCN2)C1. The molecule has 2 saturated heterocycles. The first-order valence-corrected chi connectivity index (χ1v) is 7.91. The van der Waals surface area contributed by atoms with Gasteiger partial charge in [-0.05, 0) is 57.5 Å². The Morgan fingerprint density at radius 1 is 0.882 bits per heavy atom. The molecule has 3 fully saturated rings. The van der Waals surface area contributed by atoms with E-state index in [-0.39, 0.29) is 0 Å². The Balaban J connectivity index is 1.58. The molecule has 0 radical (unpaired) electrons. The van der Waals surface area contributed by atoms with E-state index in [9.17, 15) is 0 Å². The van der Waals surface area contributed by atoms with Crippen molar-refractivity contribution in [3.63, 3.8) is 0 Å². The van der Waals surface area contributed by atoms with Crippen LogP contribution < -0.4 is 5.32 Å². The van der Waals surface area contributed by atoms with Gasteiger partial charge in [-0.25, -0.2) is 0 Å². The summed E-state index contributed by atoms with van der Waals surface area (Å²) in [6.45, 7) is 4.04. The van der Waals surface area contributed by atoms with Crippen molar-refractivity contribution in [3.8, 4) is 0 Å². The largest absolute Gasteiger partial charge is 0.312 e. The van der Waals surface area contributed by atoms with E-state index in [4.69, 9.17) is 0 Å². The number of nitrogens with one attached hydrogen (secondary N) is 1. The van der Waals surface area contributed by atoms with Gasteiger partial charge in [0.15, 0.2) is 0 Å². The minimum Gasteiger partial charge on any atom is -0.312 e. The minimum absolute atomic E-state index is 0.816. The first-order chi connectivity index (χ1) is 8.43. The van der Waals surface area contributed by atoms with E-state index in [2.05, 4.69) is 10.2 Å². The van der Waals surface area contributed by atoms with Crippen LogP contribution in [-0.4, -0.2) is 36.6 Å². The molecule has 2 unspecified atom stereocenters. The van der Waals surface area contributed by atoms with Crippen molar-refractivity contribution in [3.05, 3.63) is 0 Å². The Bertz CT molecular complexity index is 229. The second-order valence-corrected chi connectivity index (χ2v) is 6.41. The fraction of sp³-hybridized carbons (Fsp3) is 1.00. The molecule has 17 heavy (non-hydrogen) atoms. The van der Waals surface area contributed by atoms with Crippen LogP contribution in [0.1, 0.15) is 57.8 Å². The van der Waals surface area contributed by atoms with E-state index < -0.39 is 0 Å². The highest BCUT2D eigenvalue weighted by Crippen LogP contribution is 2.30. The summed E-state index contributed by atoms with van der Waals surface area (Å²) in [5.41, 5.74) is 0. The Morgan fingerprint density at radius 3 is 2.47 bits per heavy atom. The van der Waals surface area contributed by atoms with E-state index in [0.717, 1.165) is 18.0 Å². The highest BCUT2D eigenvalue weighted by atomic mass is 15.2. The molecule has 2 atom stereocenters. The molecule has 0 bridgehead atoms. The molecule has 1 N–H and O–H groups in total. The smallest absolute Gasteiger partial charge is 0.0249 e. The lowest BCUT2D eigenvalue weighted by Crippen LogP contribution is -2.51. The van der Waals surface area contributed by atoms with Crippen molar-refractivity contribution in [2.45, 2.75) is 69.9 Å². The Hall–Kier alpha value is -0.0800. The first-order valence-electron chi connectivity index (χ1n) is 7.91. The molecule has 0 aromatic rings. The van der Waals surface area contributed by atoms with Crippen LogP contribution in [-0.2, 0) is 0 Å². The van der Waals surface area contributed by atoms with Gasteiger partial charge in [-0.15, -0.1) is 0 Å². The van der Waals surface area contributed by atoms with Crippen molar-refractivity contribution in [1.29, 1.82) is 0 Å². The molecule has 1 saturated carbocycles. The van der Waals surface area contributed by atoms with Gasteiger partial charge in [0.25, 0.3) is 0 Å². The van der Waals surface area contributed by atoms with Crippen LogP contribution in [0.3, 0.4) is 0 Å². The molecule has 3 aliphatic rings. The molecule has 0 amide bonds.